The van der Waals surface area contributed by atoms with Crippen LogP contribution in [0.5, 0.6) is 0 Å². The molecule has 6 aliphatic rings. The van der Waals surface area contributed by atoms with Gasteiger partial charge in [0.25, 0.3) is 0 Å². The van der Waals surface area contributed by atoms with Crippen LogP contribution in [-0.4, -0.2) is 44.3 Å². The zero-order valence-electron chi connectivity index (χ0n) is 38.6. The topological polar surface area (TPSA) is 80.9 Å². The zero-order chi connectivity index (χ0) is 42.4. The normalized spacial score (nSPS) is 37.0. The average Bonchev–Trinajstić information content (AvgIpc) is 3.69. The minimum atomic E-state index is -0.615. The lowest BCUT2D eigenvalue weighted by atomic mass is 9.60. The Balaban J connectivity index is 0.000000401. The molecule has 6 saturated carbocycles. The third kappa shape index (κ3) is 13.2. The SMILES string of the molecule is C.C.C=C1/C(=C\C=C2/CCC[C@@]3(C)C2CCC3[C@H](C)CCCC(C)(C)O)C[C@@H](O)C[C@@H]1O.C=C1CC[C@H](O)C/C1=C/C=C1\CCC[C@@]2(C)C1CCC2[C@H](C)CCCC(C)C.[2HH]. The predicted octanol–water partition coefficient (Wildman–Crippen LogP) is 14.8. The Labute approximate surface area is 372 Å². The summed E-state index contributed by atoms with van der Waals surface area (Å²) in [6.07, 6.45) is 32.1. The van der Waals surface area contributed by atoms with E-state index in [0.29, 0.717) is 35.5 Å². The molecule has 0 saturated heterocycles. The van der Waals surface area contributed by atoms with E-state index in [1.165, 1.54) is 101 Å². The van der Waals surface area contributed by atoms with E-state index in [4.69, 9.17) is 0 Å². The van der Waals surface area contributed by atoms with Crippen molar-refractivity contribution in [2.75, 3.05) is 0 Å². The Hall–Kier alpha value is -1.72. The second kappa shape index (κ2) is 22.8. The van der Waals surface area contributed by atoms with E-state index in [1.54, 1.807) is 11.1 Å². The first-order valence-corrected chi connectivity index (χ1v) is 24.3. The smallest absolute Gasteiger partial charge is 0.0811 e. The van der Waals surface area contributed by atoms with Crippen molar-refractivity contribution in [3.63, 3.8) is 0 Å². The van der Waals surface area contributed by atoms with E-state index < -0.39 is 17.8 Å². The molecule has 0 amide bonds. The molecular weight excluding hydrogens is 737 g/mol. The summed E-state index contributed by atoms with van der Waals surface area (Å²) in [5.41, 5.74) is 7.88. The molecule has 11 atom stereocenters. The van der Waals surface area contributed by atoms with Crippen molar-refractivity contribution in [1.82, 2.24) is 0 Å². The number of hydrogen-bond donors (Lipinski definition) is 4. The van der Waals surface area contributed by atoms with Gasteiger partial charge in [-0.2, -0.15) is 0 Å². The van der Waals surface area contributed by atoms with E-state index in [1.807, 2.05) is 13.8 Å². The standard InChI is InChI=1S/C27H44O3.C27H44O.2CH4.H2/c1-18(8-6-14-26(3,4)30)23-12-13-24-20(9-7-15-27(23,24)5)10-11-21-16-22(28)17-25(29)19(21)2;1-19(2)8-6-9-21(4)25-15-16-26-22(10-7-17-27(25,26)5)12-13-23-18-24(28)14-11-20(23)3;;;/h10-11,18,22-25,28-30H,2,6-9,12-17H2,1,3-5H3;12-13,19,21,24-26,28H,3,6-11,14-18H2,1-2,4-5H3;2*1H4;1H/b20-10+,21-11-;22-12+,23-13-;;;/t18-,22-,23?,24?,25+,27-;21-,24+,25?,26?,27-;;;/m11.../s1/i;;;;1+1. The fourth-order valence-electron chi connectivity index (χ4n) is 13.4. The van der Waals surface area contributed by atoms with Crippen LogP contribution in [0.2, 0.25) is 0 Å². The van der Waals surface area contributed by atoms with Crippen molar-refractivity contribution in [2.45, 2.75) is 229 Å². The Kier molecular flexibility index (Phi) is 20.0. The first-order chi connectivity index (χ1) is 27.3. The van der Waals surface area contributed by atoms with Crippen molar-refractivity contribution in [2.24, 2.45) is 52.3 Å². The highest BCUT2D eigenvalue weighted by atomic mass is 16.3. The lowest BCUT2D eigenvalue weighted by Gasteiger charge is -2.44. The number of allylic oxidation sites excluding steroid dienone is 7. The van der Waals surface area contributed by atoms with Gasteiger partial charge in [0, 0.05) is 7.85 Å². The summed E-state index contributed by atoms with van der Waals surface area (Å²) in [5, 5.41) is 40.2. The van der Waals surface area contributed by atoms with Crippen LogP contribution in [0.25, 0.3) is 0 Å². The number of rotatable bonds is 12. The summed E-state index contributed by atoms with van der Waals surface area (Å²) in [6, 6.07) is 0. The Morgan fingerprint density at radius 2 is 1.18 bits per heavy atom. The average molecular weight is 836 g/mol. The molecule has 0 spiro atoms. The van der Waals surface area contributed by atoms with Crippen LogP contribution < -0.4 is 0 Å². The largest absolute Gasteiger partial charge is 0.393 e. The third-order valence-electron chi connectivity index (χ3n) is 16.8. The summed E-state index contributed by atoms with van der Waals surface area (Å²) in [5.74, 6) is 5.48. The second-order valence-electron chi connectivity index (χ2n) is 22.2. The number of aliphatic hydroxyl groups excluding tert-OH is 3. The number of fused-ring (bicyclic) bond motifs is 2. The molecule has 0 radical (unpaired) electrons. The summed E-state index contributed by atoms with van der Waals surface area (Å²) < 4.78 is 0. The lowest BCUT2D eigenvalue weighted by molar-refractivity contribution is 0.0596. The quantitative estimate of drug-likeness (QED) is 0.158. The number of aliphatic hydroxyl groups is 4. The van der Waals surface area contributed by atoms with Gasteiger partial charge in [0.2, 0.25) is 0 Å². The zero-order valence-corrected chi connectivity index (χ0v) is 38.6. The van der Waals surface area contributed by atoms with Gasteiger partial charge in [-0.3, -0.25) is 0 Å². The molecule has 4 nitrogen and oxygen atoms in total. The fraction of sp³-hybridized carbons (Fsp3) is 0.786. The molecular formula is C56H98O4. The third-order valence-corrected chi connectivity index (χ3v) is 16.8. The molecule has 4 unspecified atom stereocenters. The summed E-state index contributed by atoms with van der Waals surface area (Å²) in [4.78, 5) is 0. The highest BCUT2D eigenvalue weighted by Crippen LogP contribution is 2.61. The monoisotopic (exact) mass is 836 g/mol. The van der Waals surface area contributed by atoms with E-state index in [2.05, 4.69) is 79.0 Å². The van der Waals surface area contributed by atoms with E-state index >= 15 is 0 Å². The molecule has 0 aromatic rings. The van der Waals surface area contributed by atoms with Crippen LogP contribution in [0.4, 0.5) is 0 Å². The second-order valence-corrected chi connectivity index (χ2v) is 22.2. The Bertz CT molecular complexity index is 1530. The van der Waals surface area contributed by atoms with Crippen molar-refractivity contribution in [1.29, 1.82) is 0 Å². The first kappa shape index (κ1) is 52.6. The summed E-state index contributed by atoms with van der Waals surface area (Å²) in [6.45, 7) is 26.9. The highest BCUT2D eigenvalue weighted by molar-refractivity contribution is 5.39. The maximum Gasteiger partial charge on any atom is 0.0811 e. The molecule has 6 aliphatic carbocycles. The maximum atomic E-state index is 10.1. The van der Waals surface area contributed by atoms with Gasteiger partial charge < -0.3 is 20.4 Å². The Morgan fingerprint density at radius 1 is 0.683 bits per heavy atom. The van der Waals surface area contributed by atoms with Gasteiger partial charge in [0.15, 0.2) is 0 Å². The van der Waals surface area contributed by atoms with Gasteiger partial charge in [0.05, 0.1) is 23.9 Å². The van der Waals surface area contributed by atoms with Crippen molar-refractivity contribution in [3.8, 4) is 0 Å². The molecule has 0 aliphatic heterocycles. The van der Waals surface area contributed by atoms with Crippen LogP contribution in [0, 0.1) is 52.3 Å². The van der Waals surface area contributed by atoms with Crippen LogP contribution in [0.15, 0.2) is 70.9 Å². The van der Waals surface area contributed by atoms with Gasteiger partial charge in [-0.15, -0.1) is 0 Å². The predicted molar refractivity (Wildman–Crippen MR) is 261 cm³/mol. The maximum absolute atomic E-state index is 10.1. The highest BCUT2D eigenvalue weighted by Gasteiger charge is 2.51. The molecule has 0 aromatic carbocycles. The van der Waals surface area contributed by atoms with E-state index in [-0.39, 0.29) is 22.4 Å². The molecule has 346 valence electrons. The fourth-order valence-corrected chi connectivity index (χ4v) is 13.4. The molecule has 0 bridgehead atoms. The molecule has 6 fully saturated rings. The Morgan fingerprint density at radius 3 is 1.70 bits per heavy atom. The molecule has 4 N–H and O–H groups in total. The number of hydrogen-bond acceptors (Lipinski definition) is 4. The van der Waals surface area contributed by atoms with Crippen molar-refractivity contribution in [3.05, 3.63) is 70.9 Å². The van der Waals surface area contributed by atoms with Crippen LogP contribution in [0.1, 0.15) is 207 Å². The van der Waals surface area contributed by atoms with Gasteiger partial charge in [-0.05, 0) is 179 Å². The van der Waals surface area contributed by atoms with Gasteiger partial charge >= 0.3 is 0 Å². The van der Waals surface area contributed by atoms with E-state index in [0.717, 1.165) is 72.8 Å². The minimum Gasteiger partial charge on any atom is -0.393 e. The summed E-state index contributed by atoms with van der Waals surface area (Å²) >= 11 is 0. The lowest BCUT2D eigenvalue weighted by Crippen LogP contribution is -2.36. The van der Waals surface area contributed by atoms with Crippen LogP contribution in [0.3, 0.4) is 0 Å². The van der Waals surface area contributed by atoms with Gasteiger partial charge in [-0.1, -0.05) is 143 Å². The van der Waals surface area contributed by atoms with E-state index in [9.17, 15) is 20.4 Å². The van der Waals surface area contributed by atoms with Crippen LogP contribution >= 0.6 is 0 Å². The van der Waals surface area contributed by atoms with Gasteiger partial charge in [0.1, 0.15) is 0 Å². The van der Waals surface area contributed by atoms with Crippen molar-refractivity contribution < 1.29 is 21.9 Å². The minimum absolute atomic E-state index is 0. The molecule has 6 rings (SSSR count). The van der Waals surface area contributed by atoms with Crippen molar-refractivity contribution >= 4 is 0 Å². The van der Waals surface area contributed by atoms with Gasteiger partial charge in [-0.25, -0.2) is 0 Å². The molecule has 4 heteroatoms. The first-order valence-electron chi connectivity index (χ1n) is 24.3. The summed E-state index contributed by atoms with van der Waals surface area (Å²) in [7, 11) is 0. The molecule has 0 aromatic heterocycles. The molecule has 60 heavy (non-hydrogen) atoms. The molecule has 0 heterocycles. The van der Waals surface area contributed by atoms with Crippen LogP contribution in [-0.2, 0) is 0 Å².